The van der Waals surface area contributed by atoms with Crippen molar-refractivity contribution in [1.29, 1.82) is 0 Å². The Morgan fingerprint density at radius 3 is 2.32 bits per heavy atom. The SMILES string of the molecule is COC(=O)CC(NC(=O)CCNS(=O)(=O)c1ccc(F)cc1)c1ccccc1. The lowest BCUT2D eigenvalue weighted by Crippen LogP contribution is -2.34. The molecular formula is C19H21FN2O5S. The Morgan fingerprint density at radius 1 is 1.07 bits per heavy atom. The minimum Gasteiger partial charge on any atom is -0.469 e. The zero-order chi connectivity index (χ0) is 20.6. The predicted octanol–water partition coefficient (Wildman–Crippen LogP) is 1.91. The van der Waals surface area contributed by atoms with Crippen LogP contribution in [0.1, 0.15) is 24.4 Å². The third-order valence-corrected chi connectivity index (χ3v) is 5.38. The minimum atomic E-state index is -3.85. The number of nitrogens with one attached hydrogen (secondary N) is 2. The van der Waals surface area contributed by atoms with E-state index in [2.05, 4.69) is 14.8 Å². The van der Waals surface area contributed by atoms with Gasteiger partial charge in [-0.3, -0.25) is 9.59 Å². The van der Waals surface area contributed by atoms with Gasteiger partial charge >= 0.3 is 5.97 Å². The first kappa shape index (κ1) is 21.5. The van der Waals surface area contributed by atoms with Crippen LogP contribution in [0.3, 0.4) is 0 Å². The predicted molar refractivity (Wildman–Crippen MR) is 100 cm³/mol. The summed E-state index contributed by atoms with van der Waals surface area (Å²) >= 11 is 0. The molecule has 1 unspecified atom stereocenters. The van der Waals surface area contributed by atoms with Gasteiger partial charge in [-0.15, -0.1) is 0 Å². The van der Waals surface area contributed by atoms with Gasteiger partial charge in [0.05, 0.1) is 24.5 Å². The Balaban J connectivity index is 1.93. The molecule has 7 nitrogen and oxygen atoms in total. The van der Waals surface area contributed by atoms with Gasteiger partial charge in [-0.05, 0) is 29.8 Å². The van der Waals surface area contributed by atoms with E-state index >= 15 is 0 Å². The highest BCUT2D eigenvalue weighted by Crippen LogP contribution is 2.17. The molecule has 9 heteroatoms. The van der Waals surface area contributed by atoms with E-state index in [1.165, 1.54) is 7.11 Å². The van der Waals surface area contributed by atoms with E-state index in [9.17, 15) is 22.4 Å². The van der Waals surface area contributed by atoms with E-state index < -0.39 is 33.8 Å². The van der Waals surface area contributed by atoms with E-state index in [0.29, 0.717) is 0 Å². The molecule has 2 aromatic carbocycles. The van der Waals surface area contributed by atoms with Gasteiger partial charge in [0, 0.05) is 13.0 Å². The van der Waals surface area contributed by atoms with Crippen molar-refractivity contribution in [3.8, 4) is 0 Å². The fourth-order valence-corrected chi connectivity index (χ4v) is 3.48. The first-order chi connectivity index (χ1) is 13.3. The number of halogens is 1. The summed E-state index contributed by atoms with van der Waals surface area (Å²) in [5.41, 5.74) is 0.730. The number of benzene rings is 2. The quantitative estimate of drug-likeness (QED) is 0.617. The molecule has 1 atom stereocenters. The summed E-state index contributed by atoms with van der Waals surface area (Å²) < 4.78 is 44.1. The minimum absolute atomic E-state index is 0.0481. The van der Waals surface area contributed by atoms with Crippen molar-refractivity contribution in [2.45, 2.75) is 23.8 Å². The molecule has 0 saturated heterocycles. The second kappa shape index (κ2) is 9.95. The number of carbonyl (C=O) groups is 2. The van der Waals surface area contributed by atoms with Crippen molar-refractivity contribution in [2.75, 3.05) is 13.7 Å². The van der Waals surface area contributed by atoms with Crippen LogP contribution in [0.4, 0.5) is 4.39 Å². The summed E-state index contributed by atoms with van der Waals surface area (Å²) in [5, 5.41) is 2.71. The molecule has 2 aromatic rings. The number of hydrogen-bond donors (Lipinski definition) is 2. The van der Waals surface area contributed by atoms with Gasteiger partial charge in [-0.25, -0.2) is 17.5 Å². The molecule has 0 aliphatic rings. The molecular weight excluding hydrogens is 387 g/mol. The molecule has 2 rings (SSSR count). The van der Waals surface area contributed by atoms with Gasteiger partial charge in [0.2, 0.25) is 15.9 Å². The van der Waals surface area contributed by atoms with Gasteiger partial charge in [0.1, 0.15) is 5.82 Å². The molecule has 0 saturated carbocycles. The van der Waals surface area contributed by atoms with Crippen molar-refractivity contribution in [3.05, 3.63) is 66.0 Å². The van der Waals surface area contributed by atoms with Gasteiger partial charge in [0.25, 0.3) is 0 Å². The lowest BCUT2D eigenvalue weighted by molar-refractivity contribution is -0.141. The van der Waals surface area contributed by atoms with Crippen LogP contribution in [0.2, 0.25) is 0 Å². The topological polar surface area (TPSA) is 102 Å². The normalized spacial score (nSPS) is 12.2. The van der Waals surface area contributed by atoms with Crippen LogP contribution < -0.4 is 10.0 Å². The van der Waals surface area contributed by atoms with E-state index in [1.54, 1.807) is 24.3 Å². The third kappa shape index (κ3) is 6.43. The van der Waals surface area contributed by atoms with Crippen LogP contribution in [0.25, 0.3) is 0 Å². The molecule has 0 aliphatic carbocycles. The zero-order valence-corrected chi connectivity index (χ0v) is 16.0. The number of esters is 1. The molecule has 0 spiro atoms. The van der Waals surface area contributed by atoms with Gasteiger partial charge in [0.15, 0.2) is 0 Å². The fourth-order valence-electron chi connectivity index (χ4n) is 2.45. The summed E-state index contributed by atoms with van der Waals surface area (Å²) in [6.45, 7) is -0.148. The molecule has 2 N–H and O–H groups in total. The van der Waals surface area contributed by atoms with E-state index in [-0.39, 0.29) is 24.3 Å². The smallest absolute Gasteiger partial charge is 0.307 e. The highest BCUT2D eigenvalue weighted by molar-refractivity contribution is 7.89. The second-order valence-electron chi connectivity index (χ2n) is 5.91. The van der Waals surface area contributed by atoms with Crippen molar-refractivity contribution in [1.82, 2.24) is 10.0 Å². The molecule has 0 bridgehead atoms. The van der Waals surface area contributed by atoms with Gasteiger partial charge in [-0.1, -0.05) is 30.3 Å². The average Bonchev–Trinajstić information content (AvgIpc) is 2.68. The van der Waals surface area contributed by atoms with Crippen LogP contribution >= 0.6 is 0 Å². The van der Waals surface area contributed by atoms with Gasteiger partial charge < -0.3 is 10.1 Å². The lowest BCUT2D eigenvalue weighted by atomic mass is 10.0. The van der Waals surface area contributed by atoms with E-state index in [4.69, 9.17) is 0 Å². The second-order valence-corrected chi connectivity index (χ2v) is 7.68. The van der Waals surface area contributed by atoms with Crippen molar-refractivity contribution in [3.63, 3.8) is 0 Å². The Hall–Kier alpha value is -2.78. The van der Waals surface area contributed by atoms with Crippen molar-refractivity contribution >= 4 is 21.9 Å². The molecule has 150 valence electrons. The summed E-state index contributed by atoms with van der Waals surface area (Å²) in [5.74, 6) is -1.46. The molecule has 0 fully saturated rings. The van der Waals surface area contributed by atoms with Crippen LogP contribution in [0.5, 0.6) is 0 Å². The number of hydrogen-bond acceptors (Lipinski definition) is 5. The highest BCUT2D eigenvalue weighted by Gasteiger charge is 2.19. The molecule has 0 heterocycles. The average molecular weight is 408 g/mol. The molecule has 1 amide bonds. The molecule has 0 aromatic heterocycles. The third-order valence-electron chi connectivity index (χ3n) is 3.90. The zero-order valence-electron chi connectivity index (χ0n) is 15.2. The summed E-state index contributed by atoms with van der Waals surface area (Å²) in [6, 6.07) is 12.7. The number of methoxy groups -OCH3 is 1. The molecule has 28 heavy (non-hydrogen) atoms. The highest BCUT2D eigenvalue weighted by atomic mass is 32.2. The maximum Gasteiger partial charge on any atom is 0.307 e. The summed E-state index contributed by atoms with van der Waals surface area (Å²) in [4.78, 5) is 23.7. The maximum absolute atomic E-state index is 12.9. The first-order valence-corrected chi connectivity index (χ1v) is 9.96. The van der Waals surface area contributed by atoms with Crippen LogP contribution in [-0.4, -0.2) is 33.9 Å². The molecule has 0 radical (unpaired) electrons. The number of sulfonamides is 1. The Bertz CT molecular complexity index is 902. The summed E-state index contributed by atoms with van der Waals surface area (Å²) in [7, 11) is -2.59. The largest absolute Gasteiger partial charge is 0.469 e. The van der Waals surface area contributed by atoms with Crippen LogP contribution in [-0.2, 0) is 24.3 Å². The van der Waals surface area contributed by atoms with Crippen LogP contribution in [0, 0.1) is 5.82 Å². The fraction of sp³-hybridized carbons (Fsp3) is 0.263. The van der Waals surface area contributed by atoms with E-state index in [0.717, 1.165) is 29.8 Å². The number of amides is 1. The standard InChI is InChI=1S/C19H21FN2O5S/c1-27-19(24)13-17(14-5-3-2-4-6-14)22-18(23)11-12-21-28(25,26)16-9-7-15(20)8-10-16/h2-10,17,21H,11-13H2,1H3,(H,22,23). The first-order valence-electron chi connectivity index (χ1n) is 8.48. The monoisotopic (exact) mass is 408 g/mol. The summed E-state index contributed by atoms with van der Waals surface area (Å²) in [6.07, 6.45) is -0.182. The maximum atomic E-state index is 12.9. The number of ether oxygens (including phenoxy) is 1. The van der Waals surface area contributed by atoms with Crippen molar-refractivity contribution < 1.29 is 27.1 Å². The molecule has 0 aliphatic heterocycles. The number of rotatable bonds is 9. The van der Waals surface area contributed by atoms with E-state index in [1.807, 2.05) is 6.07 Å². The lowest BCUT2D eigenvalue weighted by Gasteiger charge is -2.18. The Labute approximate surface area is 163 Å². The Morgan fingerprint density at radius 2 is 1.71 bits per heavy atom. The number of carbonyl (C=O) groups excluding carboxylic acids is 2. The Kier molecular flexibility index (Phi) is 7.65. The van der Waals surface area contributed by atoms with Crippen LogP contribution in [0.15, 0.2) is 59.5 Å². The van der Waals surface area contributed by atoms with Gasteiger partial charge in [-0.2, -0.15) is 0 Å². The van der Waals surface area contributed by atoms with Crippen molar-refractivity contribution in [2.24, 2.45) is 0 Å².